The van der Waals surface area contributed by atoms with Crippen LogP contribution in [0.1, 0.15) is 10.5 Å². The third-order valence-electron chi connectivity index (χ3n) is 1.75. The molecular formula is C8H10F2N4O3. The number of nitrogens with zero attached hydrogens (tertiary/aromatic N) is 2. The number of nitrogens with two attached hydrogens (primary N) is 1. The molecule has 0 aliphatic carbocycles. The van der Waals surface area contributed by atoms with Crippen molar-refractivity contribution in [2.75, 3.05) is 11.9 Å². The Balaban J connectivity index is 2.88. The minimum Gasteiger partial charge on any atom is -0.480 e. The number of aromatic nitrogens is 2. The molecule has 17 heavy (non-hydrogen) atoms. The summed E-state index contributed by atoms with van der Waals surface area (Å²) in [6.07, 6.45) is -1.53. The van der Waals surface area contributed by atoms with Gasteiger partial charge in [-0.15, -0.1) is 0 Å². The molecule has 94 valence electrons. The van der Waals surface area contributed by atoms with E-state index in [2.05, 4.69) is 10.4 Å². The number of anilines is 1. The van der Waals surface area contributed by atoms with Crippen LogP contribution in [0.4, 0.5) is 14.5 Å². The summed E-state index contributed by atoms with van der Waals surface area (Å²) in [5, 5.41) is 14.3. The number of hydrogen-bond acceptors (Lipinski definition) is 4. The molecule has 1 rings (SSSR count). The number of hydrogen-bond donors (Lipinski definition) is 3. The van der Waals surface area contributed by atoms with E-state index in [4.69, 9.17) is 10.8 Å². The lowest BCUT2D eigenvalue weighted by Crippen LogP contribution is -2.17. The Bertz CT molecular complexity index is 432. The third kappa shape index (κ3) is 3.70. The van der Waals surface area contributed by atoms with Crippen molar-refractivity contribution in [2.45, 2.75) is 13.0 Å². The van der Waals surface area contributed by atoms with Gasteiger partial charge in [0.25, 0.3) is 12.3 Å². The van der Waals surface area contributed by atoms with Crippen molar-refractivity contribution in [1.29, 1.82) is 0 Å². The molecule has 0 aromatic carbocycles. The summed E-state index contributed by atoms with van der Waals surface area (Å²) in [5.74, 6) is -2.09. The largest absolute Gasteiger partial charge is 0.480 e. The second-order valence-corrected chi connectivity index (χ2v) is 3.12. The molecule has 0 bridgehead atoms. The monoisotopic (exact) mass is 248 g/mol. The molecule has 0 saturated carbocycles. The lowest BCUT2D eigenvalue weighted by Gasteiger charge is -2.00. The van der Waals surface area contributed by atoms with Crippen molar-refractivity contribution in [3.05, 3.63) is 11.9 Å². The lowest BCUT2D eigenvalue weighted by molar-refractivity contribution is -0.134. The van der Waals surface area contributed by atoms with Crippen LogP contribution in [0.2, 0.25) is 0 Å². The number of aliphatic carboxylic acids is 1. The molecule has 0 unspecified atom stereocenters. The van der Waals surface area contributed by atoms with Crippen LogP contribution in [0, 0.1) is 0 Å². The van der Waals surface area contributed by atoms with Gasteiger partial charge >= 0.3 is 5.97 Å². The Hall–Kier alpha value is -2.19. The summed E-state index contributed by atoms with van der Waals surface area (Å²) in [7, 11) is 0. The molecule has 1 aromatic heterocycles. The molecule has 1 aromatic rings. The molecule has 0 radical (unpaired) electrons. The SMILES string of the molecule is NC(=O)c1nn(CC(F)F)cc1NCC(=O)O. The van der Waals surface area contributed by atoms with Crippen LogP contribution < -0.4 is 11.1 Å². The summed E-state index contributed by atoms with van der Waals surface area (Å²) in [6.45, 7) is -1.17. The van der Waals surface area contributed by atoms with Gasteiger partial charge in [-0.1, -0.05) is 0 Å². The fourth-order valence-electron chi connectivity index (χ4n) is 1.14. The Labute approximate surface area is 94.2 Å². The Kier molecular flexibility index (Phi) is 3.96. The molecule has 0 spiro atoms. The van der Waals surface area contributed by atoms with E-state index in [9.17, 15) is 18.4 Å². The van der Waals surface area contributed by atoms with Gasteiger partial charge in [0.2, 0.25) is 0 Å². The van der Waals surface area contributed by atoms with Crippen LogP contribution >= 0.6 is 0 Å². The standard InChI is InChI=1S/C8H10F2N4O3/c9-5(10)3-14-2-4(12-1-6(15)16)7(13-14)8(11)17/h2,5,12H,1,3H2,(H2,11,17)(H,15,16). The molecule has 0 fully saturated rings. The highest BCUT2D eigenvalue weighted by molar-refractivity contribution is 5.96. The topological polar surface area (TPSA) is 110 Å². The van der Waals surface area contributed by atoms with Crippen LogP contribution in [0.5, 0.6) is 0 Å². The molecule has 4 N–H and O–H groups in total. The van der Waals surface area contributed by atoms with E-state index >= 15 is 0 Å². The second-order valence-electron chi connectivity index (χ2n) is 3.12. The van der Waals surface area contributed by atoms with Gasteiger partial charge in [-0.05, 0) is 0 Å². The molecule has 9 heteroatoms. The first kappa shape index (κ1) is 12.9. The van der Waals surface area contributed by atoms with E-state index < -0.39 is 31.4 Å². The zero-order chi connectivity index (χ0) is 13.0. The van der Waals surface area contributed by atoms with Crippen LogP contribution in [-0.4, -0.2) is 39.7 Å². The van der Waals surface area contributed by atoms with Gasteiger partial charge in [0.05, 0.1) is 5.69 Å². The Morgan fingerprint density at radius 3 is 2.71 bits per heavy atom. The average Bonchev–Trinajstić information content (AvgIpc) is 2.57. The predicted molar refractivity (Wildman–Crippen MR) is 52.9 cm³/mol. The van der Waals surface area contributed by atoms with Gasteiger partial charge in [-0.3, -0.25) is 14.3 Å². The van der Waals surface area contributed by atoms with Crippen LogP contribution in [0.3, 0.4) is 0 Å². The molecule has 0 aliphatic rings. The van der Waals surface area contributed by atoms with Gasteiger partial charge in [-0.25, -0.2) is 8.78 Å². The van der Waals surface area contributed by atoms with Crippen LogP contribution in [0.15, 0.2) is 6.20 Å². The molecule has 0 saturated heterocycles. The van der Waals surface area contributed by atoms with E-state index in [-0.39, 0.29) is 11.4 Å². The summed E-state index contributed by atoms with van der Waals surface area (Å²) >= 11 is 0. The number of nitrogens with one attached hydrogen (secondary N) is 1. The summed E-state index contributed by atoms with van der Waals surface area (Å²) in [6, 6.07) is 0. The number of primary amides is 1. The number of carboxylic acids is 1. The number of carboxylic acid groups (broad SMARTS) is 1. The zero-order valence-electron chi connectivity index (χ0n) is 8.56. The van der Waals surface area contributed by atoms with Crippen LogP contribution in [0.25, 0.3) is 0 Å². The maximum Gasteiger partial charge on any atom is 0.322 e. The number of carbonyl (C=O) groups is 2. The van der Waals surface area contributed by atoms with Crippen molar-refractivity contribution in [3.8, 4) is 0 Å². The Morgan fingerprint density at radius 2 is 2.24 bits per heavy atom. The second kappa shape index (κ2) is 5.23. The van der Waals surface area contributed by atoms with Gasteiger partial charge < -0.3 is 16.2 Å². The van der Waals surface area contributed by atoms with E-state index in [0.717, 1.165) is 10.9 Å². The maximum absolute atomic E-state index is 12.1. The first-order chi connectivity index (χ1) is 7.90. The number of alkyl halides is 2. The van der Waals surface area contributed by atoms with Crippen molar-refractivity contribution in [3.63, 3.8) is 0 Å². The maximum atomic E-state index is 12.1. The summed E-state index contributed by atoms with van der Waals surface area (Å²) in [4.78, 5) is 21.2. The van der Waals surface area contributed by atoms with E-state index in [0.29, 0.717) is 0 Å². The molecule has 1 amide bonds. The highest BCUT2D eigenvalue weighted by atomic mass is 19.3. The Morgan fingerprint density at radius 1 is 1.59 bits per heavy atom. The molecule has 0 atom stereocenters. The van der Waals surface area contributed by atoms with Gasteiger partial charge in [0.15, 0.2) is 5.69 Å². The average molecular weight is 248 g/mol. The third-order valence-corrected chi connectivity index (χ3v) is 1.75. The first-order valence-electron chi connectivity index (χ1n) is 4.51. The highest BCUT2D eigenvalue weighted by Gasteiger charge is 2.16. The number of halogens is 2. The minimum atomic E-state index is -2.64. The fourth-order valence-corrected chi connectivity index (χ4v) is 1.14. The number of rotatable bonds is 6. The lowest BCUT2D eigenvalue weighted by atomic mass is 10.3. The normalized spacial score (nSPS) is 10.5. The van der Waals surface area contributed by atoms with Crippen molar-refractivity contribution >= 4 is 17.6 Å². The van der Waals surface area contributed by atoms with Crippen LogP contribution in [-0.2, 0) is 11.3 Å². The summed E-state index contributed by atoms with van der Waals surface area (Å²) in [5.41, 5.74) is 4.72. The van der Waals surface area contributed by atoms with Crippen molar-refractivity contribution in [1.82, 2.24) is 9.78 Å². The van der Waals surface area contributed by atoms with Gasteiger partial charge in [0.1, 0.15) is 13.1 Å². The number of amides is 1. The number of carbonyl (C=O) groups excluding carboxylic acids is 1. The van der Waals surface area contributed by atoms with Crippen molar-refractivity contribution in [2.24, 2.45) is 5.73 Å². The van der Waals surface area contributed by atoms with Gasteiger partial charge in [0, 0.05) is 6.20 Å². The summed E-state index contributed by atoms with van der Waals surface area (Å²) < 4.78 is 25.0. The highest BCUT2D eigenvalue weighted by Crippen LogP contribution is 2.13. The van der Waals surface area contributed by atoms with Crippen molar-refractivity contribution < 1.29 is 23.5 Å². The van der Waals surface area contributed by atoms with E-state index in [1.165, 1.54) is 0 Å². The molecule has 0 aliphatic heterocycles. The zero-order valence-corrected chi connectivity index (χ0v) is 8.56. The first-order valence-corrected chi connectivity index (χ1v) is 4.51. The fraction of sp³-hybridized carbons (Fsp3) is 0.375. The predicted octanol–water partition coefficient (Wildman–Crippen LogP) is -0.256. The molecule has 1 heterocycles. The van der Waals surface area contributed by atoms with Gasteiger partial charge in [-0.2, -0.15) is 5.10 Å². The van der Waals surface area contributed by atoms with E-state index in [1.54, 1.807) is 0 Å². The van der Waals surface area contributed by atoms with E-state index in [1.807, 2.05) is 0 Å². The molecular weight excluding hydrogens is 238 g/mol. The smallest absolute Gasteiger partial charge is 0.322 e. The molecule has 7 nitrogen and oxygen atoms in total. The minimum absolute atomic E-state index is 0.0144. The quantitative estimate of drug-likeness (QED) is 0.642.